The van der Waals surface area contributed by atoms with E-state index >= 15 is 0 Å². The van der Waals surface area contributed by atoms with Crippen molar-refractivity contribution in [3.8, 4) is 0 Å². The summed E-state index contributed by atoms with van der Waals surface area (Å²) in [7, 11) is 0. The standard InChI is InChI=1S/C17H24N4O4/c1-13(22)21-11-17(10-14(21)16(24)25)3-7-20(8-4-17)15(23)2-6-19-9-5-18-12-19/h5,9,12,14H,2-4,6-8,10-11H2,1H3,(H,24,25)/t14-/m0/s1. The van der Waals surface area contributed by atoms with Gasteiger partial charge in [0.05, 0.1) is 6.33 Å². The number of aryl methyl sites for hydroxylation is 1. The molecule has 2 amide bonds. The topological polar surface area (TPSA) is 95.7 Å². The Kier molecular flexibility index (Phi) is 4.78. The third-order valence-corrected chi connectivity index (χ3v) is 5.52. The summed E-state index contributed by atoms with van der Waals surface area (Å²) in [6.45, 7) is 3.77. The first-order chi connectivity index (χ1) is 11.9. The van der Waals surface area contributed by atoms with Gasteiger partial charge >= 0.3 is 5.97 Å². The number of carbonyl (C=O) groups excluding carboxylic acids is 2. The first-order valence-corrected chi connectivity index (χ1v) is 8.64. The molecule has 25 heavy (non-hydrogen) atoms. The molecule has 8 heteroatoms. The van der Waals surface area contributed by atoms with Crippen LogP contribution in [-0.4, -0.2) is 67.9 Å². The number of aliphatic carboxylic acids is 1. The Morgan fingerprint density at radius 3 is 2.52 bits per heavy atom. The molecule has 3 heterocycles. The zero-order valence-corrected chi connectivity index (χ0v) is 14.4. The fourth-order valence-corrected chi connectivity index (χ4v) is 4.00. The van der Waals surface area contributed by atoms with E-state index < -0.39 is 12.0 Å². The number of rotatable bonds is 4. The van der Waals surface area contributed by atoms with Gasteiger partial charge in [-0.05, 0) is 24.7 Å². The average molecular weight is 348 g/mol. The Morgan fingerprint density at radius 2 is 2.00 bits per heavy atom. The lowest BCUT2D eigenvalue weighted by atomic mass is 9.76. The number of aromatic nitrogens is 2. The highest BCUT2D eigenvalue weighted by molar-refractivity contribution is 5.83. The van der Waals surface area contributed by atoms with Crippen LogP contribution in [0.2, 0.25) is 0 Å². The van der Waals surface area contributed by atoms with Crippen LogP contribution in [0, 0.1) is 5.41 Å². The van der Waals surface area contributed by atoms with Crippen LogP contribution < -0.4 is 0 Å². The summed E-state index contributed by atoms with van der Waals surface area (Å²) in [6.07, 6.45) is 7.63. The van der Waals surface area contributed by atoms with Crippen molar-refractivity contribution in [2.45, 2.75) is 45.2 Å². The van der Waals surface area contributed by atoms with E-state index in [1.54, 1.807) is 12.5 Å². The van der Waals surface area contributed by atoms with E-state index in [-0.39, 0.29) is 17.2 Å². The van der Waals surface area contributed by atoms with Gasteiger partial charge in [-0.1, -0.05) is 0 Å². The molecule has 2 aliphatic rings. The van der Waals surface area contributed by atoms with E-state index in [0.717, 1.165) is 12.8 Å². The Morgan fingerprint density at radius 1 is 1.28 bits per heavy atom. The maximum atomic E-state index is 12.4. The number of carboxylic acids is 1. The Labute approximate surface area is 146 Å². The molecule has 0 bridgehead atoms. The summed E-state index contributed by atoms with van der Waals surface area (Å²) in [4.78, 5) is 42.9. The molecule has 136 valence electrons. The first kappa shape index (κ1) is 17.4. The number of nitrogens with zero attached hydrogens (tertiary/aromatic N) is 4. The second-order valence-corrected chi connectivity index (χ2v) is 7.14. The summed E-state index contributed by atoms with van der Waals surface area (Å²) in [6, 6.07) is -0.735. The minimum Gasteiger partial charge on any atom is -0.480 e. The normalized spacial score (nSPS) is 22.4. The van der Waals surface area contributed by atoms with Crippen molar-refractivity contribution in [3.63, 3.8) is 0 Å². The van der Waals surface area contributed by atoms with Gasteiger partial charge in [0.2, 0.25) is 11.8 Å². The zero-order valence-electron chi connectivity index (χ0n) is 14.4. The predicted octanol–water partition coefficient (Wildman–Crippen LogP) is 0.587. The minimum atomic E-state index is -0.939. The van der Waals surface area contributed by atoms with Gasteiger partial charge in [-0.15, -0.1) is 0 Å². The number of carboxylic acid groups (broad SMARTS) is 1. The lowest BCUT2D eigenvalue weighted by Crippen LogP contribution is -2.44. The number of piperidine rings is 1. The van der Waals surface area contributed by atoms with Crippen molar-refractivity contribution < 1.29 is 19.5 Å². The van der Waals surface area contributed by atoms with Crippen molar-refractivity contribution in [1.82, 2.24) is 19.4 Å². The molecule has 1 aromatic rings. The Balaban J connectivity index is 1.55. The quantitative estimate of drug-likeness (QED) is 0.859. The molecule has 2 fully saturated rings. The van der Waals surface area contributed by atoms with Crippen LogP contribution in [0.1, 0.15) is 32.6 Å². The van der Waals surface area contributed by atoms with Gasteiger partial charge in [0.15, 0.2) is 0 Å². The van der Waals surface area contributed by atoms with Gasteiger partial charge in [0.1, 0.15) is 6.04 Å². The van der Waals surface area contributed by atoms with Gasteiger partial charge < -0.3 is 19.5 Å². The highest BCUT2D eigenvalue weighted by atomic mass is 16.4. The van der Waals surface area contributed by atoms with E-state index in [1.807, 2.05) is 15.7 Å². The van der Waals surface area contributed by atoms with Gasteiger partial charge in [-0.3, -0.25) is 9.59 Å². The van der Waals surface area contributed by atoms with Crippen LogP contribution >= 0.6 is 0 Å². The number of amides is 2. The third-order valence-electron chi connectivity index (χ3n) is 5.52. The molecule has 2 saturated heterocycles. The van der Waals surface area contributed by atoms with E-state index in [0.29, 0.717) is 39.0 Å². The smallest absolute Gasteiger partial charge is 0.326 e. The van der Waals surface area contributed by atoms with Gasteiger partial charge in [0, 0.05) is 51.9 Å². The Hall–Kier alpha value is -2.38. The maximum absolute atomic E-state index is 12.4. The second kappa shape index (κ2) is 6.85. The van der Waals surface area contributed by atoms with E-state index in [1.165, 1.54) is 11.8 Å². The van der Waals surface area contributed by atoms with E-state index in [4.69, 9.17) is 0 Å². The number of hydrogen-bond donors (Lipinski definition) is 1. The van der Waals surface area contributed by atoms with Crippen molar-refractivity contribution in [2.75, 3.05) is 19.6 Å². The molecule has 0 radical (unpaired) electrons. The second-order valence-electron chi connectivity index (χ2n) is 7.14. The summed E-state index contributed by atoms with van der Waals surface area (Å²) < 4.78 is 1.88. The van der Waals surface area contributed by atoms with Crippen LogP contribution in [0.5, 0.6) is 0 Å². The summed E-state index contributed by atoms with van der Waals surface area (Å²) in [5, 5.41) is 9.38. The SMILES string of the molecule is CC(=O)N1CC2(CCN(C(=O)CCn3ccnc3)CC2)C[C@H]1C(=O)O. The molecule has 1 atom stereocenters. The number of imidazole rings is 1. The van der Waals surface area contributed by atoms with Crippen molar-refractivity contribution in [2.24, 2.45) is 5.41 Å². The summed E-state index contributed by atoms with van der Waals surface area (Å²) >= 11 is 0. The summed E-state index contributed by atoms with van der Waals surface area (Å²) in [5.74, 6) is -1.02. The van der Waals surface area contributed by atoms with Crippen LogP contribution in [0.15, 0.2) is 18.7 Å². The molecule has 0 aliphatic carbocycles. The molecule has 0 aromatic carbocycles. The molecule has 2 aliphatic heterocycles. The molecule has 8 nitrogen and oxygen atoms in total. The maximum Gasteiger partial charge on any atom is 0.326 e. The molecule has 1 spiro atoms. The first-order valence-electron chi connectivity index (χ1n) is 8.64. The highest BCUT2D eigenvalue weighted by Crippen LogP contribution is 2.43. The molecule has 0 saturated carbocycles. The van der Waals surface area contributed by atoms with Crippen LogP contribution in [0.25, 0.3) is 0 Å². The molecular weight excluding hydrogens is 324 g/mol. The third kappa shape index (κ3) is 3.67. The highest BCUT2D eigenvalue weighted by Gasteiger charge is 2.49. The lowest BCUT2D eigenvalue weighted by Gasteiger charge is -2.39. The lowest BCUT2D eigenvalue weighted by molar-refractivity contribution is -0.147. The van der Waals surface area contributed by atoms with Gasteiger partial charge in [-0.2, -0.15) is 0 Å². The Bertz CT molecular complexity index is 626. The van der Waals surface area contributed by atoms with Crippen LogP contribution in [-0.2, 0) is 20.9 Å². The molecule has 3 rings (SSSR count). The summed E-state index contributed by atoms with van der Waals surface area (Å²) in [5.41, 5.74) is -0.171. The fraction of sp³-hybridized carbons (Fsp3) is 0.647. The van der Waals surface area contributed by atoms with E-state index in [2.05, 4.69) is 4.98 Å². The molecule has 0 unspecified atom stereocenters. The van der Waals surface area contributed by atoms with Crippen molar-refractivity contribution >= 4 is 17.8 Å². The van der Waals surface area contributed by atoms with E-state index in [9.17, 15) is 19.5 Å². The number of hydrogen-bond acceptors (Lipinski definition) is 4. The number of likely N-dealkylation sites (tertiary alicyclic amines) is 2. The zero-order chi connectivity index (χ0) is 18.0. The molecule has 1 N–H and O–H groups in total. The van der Waals surface area contributed by atoms with Gasteiger partial charge in [0.25, 0.3) is 0 Å². The van der Waals surface area contributed by atoms with Crippen LogP contribution in [0.4, 0.5) is 0 Å². The monoisotopic (exact) mass is 348 g/mol. The average Bonchev–Trinajstić information content (AvgIpc) is 3.21. The van der Waals surface area contributed by atoms with Crippen molar-refractivity contribution in [3.05, 3.63) is 18.7 Å². The minimum absolute atomic E-state index is 0.111. The predicted molar refractivity (Wildman–Crippen MR) is 88.5 cm³/mol. The number of carbonyl (C=O) groups is 3. The fourth-order valence-electron chi connectivity index (χ4n) is 4.00. The van der Waals surface area contributed by atoms with Crippen LogP contribution in [0.3, 0.4) is 0 Å². The molecular formula is C17H24N4O4. The molecule has 1 aromatic heterocycles. The van der Waals surface area contributed by atoms with Gasteiger partial charge in [-0.25, -0.2) is 9.78 Å². The van der Waals surface area contributed by atoms with Crippen molar-refractivity contribution in [1.29, 1.82) is 0 Å². The largest absolute Gasteiger partial charge is 0.480 e.